The summed E-state index contributed by atoms with van der Waals surface area (Å²) in [6, 6.07) is 5.27. The van der Waals surface area contributed by atoms with Gasteiger partial charge in [-0.1, -0.05) is 24.9 Å². The number of hydrogen-bond donors (Lipinski definition) is 1. The Morgan fingerprint density at radius 2 is 2.10 bits per heavy atom. The molecule has 1 aliphatic heterocycles. The molecule has 0 bridgehead atoms. The number of likely N-dealkylation sites (tertiary alicyclic amines) is 1. The van der Waals surface area contributed by atoms with Crippen LogP contribution in [0.2, 0.25) is 5.02 Å². The van der Waals surface area contributed by atoms with E-state index >= 15 is 0 Å². The molecular formula is C16H22BrClN2O. The van der Waals surface area contributed by atoms with Gasteiger partial charge in [0.15, 0.2) is 0 Å². The first-order valence-corrected chi connectivity index (χ1v) is 8.69. The predicted octanol–water partition coefficient (Wildman–Crippen LogP) is 3.95. The number of benzene rings is 1. The van der Waals surface area contributed by atoms with E-state index in [1.54, 1.807) is 18.2 Å². The average molecular weight is 374 g/mol. The zero-order chi connectivity index (χ0) is 15.2. The van der Waals surface area contributed by atoms with Crippen LogP contribution in [0.15, 0.2) is 22.7 Å². The SMILES string of the molecule is CC(CNC(=O)c1ccc(Br)c(Cl)c1)CN1CCCCC1. The highest BCUT2D eigenvalue weighted by atomic mass is 79.9. The van der Waals surface area contributed by atoms with Gasteiger partial charge in [0.25, 0.3) is 5.91 Å². The molecular weight excluding hydrogens is 352 g/mol. The van der Waals surface area contributed by atoms with Gasteiger partial charge in [-0.25, -0.2) is 0 Å². The Hall–Kier alpha value is -0.580. The standard InChI is InChI=1S/C16H22BrClN2O/c1-12(11-20-7-3-2-4-8-20)10-19-16(21)13-5-6-14(17)15(18)9-13/h5-6,9,12H,2-4,7-8,10-11H2,1H3,(H,19,21). The Balaban J connectivity index is 1.78. The number of carbonyl (C=O) groups excluding carboxylic acids is 1. The van der Waals surface area contributed by atoms with Crippen LogP contribution in [0.4, 0.5) is 0 Å². The minimum absolute atomic E-state index is 0.0603. The zero-order valence-electron chi connectivity index (χ0n) is 12.4. The number of nitrogens with one attached hydrogen (secondary N) is 1. The maximum atomic E-state index is 12.1. The van der Waals surface area contributed by atoms with Gasteiger partial charge < -0.3 is 10.2 Å². The van der Waals surface area contributed by atoms with Crippen molar-refractivity contribution in [2.75, 3.05) is 26.2 Å². The van der Waals surface area contributed by atoms with Gasteiger partial charge in [0.2, 0.25) is 0 Å². The van der Waals surface area contributed by atoms with Crippen molar-refractivity contribution in [1.82, 2.24) is 10.2 Å². The van der Waals surface area contributed by atoms with Gasteiger partial charge in [-0.3, -0.25) is 4.79 Å². The van der Waals surface area contributed by atoms with E-state index in [1.165, 1.54) is 32.4 Å². The van der Waals surface area contributed by atoms with E-state index in [0.29, 0.717) is 23.0 Å². The van der Waals surface area contributed by atoms with Crippen LogP contribution in [-0.4, -0.2) is 37.0 Å². The maximum Gasteiger partial charge on any atom is 0.251 e. The number of nitrogens with zero attached hydrogens (tertiary/aromatic N) is 1. The van der Waals surface area contributed by atoms with E-state index in [9.17, 15) is 4.79 Å². The molecule has 1 fully saturated rings. The number of amides is 1. The van der Waals surface area contributed by atoms with Crippen LogP contribution in [0.5, 0.6) is 0 Å². The van der Waals surface area contributed by atoms with Crippen molar-refractivity contribution in [3.05, 3.63) is 33.3 Å². The fraction of sp³-hybridized carbons (Fsp3) is 0.562. The molecule has 0 saturated carbocycles. The Labute approximate surface area is 140 Å². The minimum atomic E-state index is -0.0603. The van der Waals surface area contributed by atoms with E-state index in [0.717, 1.165) is 11.0 Å². The van der Waals surface area contributed by atoms with Crippen LogP contribution in [-0.2, 0) is 0 Å². The van der Waals surface area contributed by atoms with Gasteiger partial charge in [0.05, 0.1) is 5.02 Å². The second kappa shape index (κ2) is 8.16. The molecule has 1 unspecified atom stereocenters. The van der Waals surface area contributed by atoms with Crippen molar-refractivity contribution in [3.63, 3.8) is 0 Å². The fourth-order valence-electron chi connectivity index (χ4n) is 2.65. The minimum Gasteiger partial charge on any atom is -0.352 e. The first kappa shape index (κ1) is 16.8. The van der Waals surface area contributed by atoms with Gasteiger partial charge in [-0.2, -0.15) is 0 Å². The van der Waals surface area contributed by atoms with E-state index in [1.807, 2.05) is 0 Å². The summed E-state index contributed by atoms with van der Waals surface area (Å²) < 4.78 is 0.805. The number of hydrogen-bond acceptors (Lipinski definition) is 2. The topological polar surface area (TPSA) is 32.3 Å². The first-order valence-electron chi connectivity index (χ1n) is 7.52. The summed E-state index contributed by atoms with van der Waals surface area (Å²) in [6.45, 7) is 6.33. The summed E-state index contributed by atoms with van der Waals surface area (Å²) in [5.74, 6) is 0.396. The smallest absolute Gasteiger partial charge is 0.251 e. The predicted molar refractivity (Wildman–Crippen MR) is 90.9 cm³/mol. The van der Waals surface area contributed by atoms with Gasteiger partial charge in [-0.15, -0.1) is 0 Å². The summed E-state index contributed by atoms with van der Waals surface area (Å²) in [7, 11) is 0. The molecule has 0 radical (unpaired) electrons. The summed E-state index contributed by atoms with van der Waals surface area (Å²) in [5.41, 5.74) is 0.605. The molecule has 2 rings (SSSR count). The Morgan fingerprint density at radius 1 is 1.38 bits per heavy atom. The fourth-order valence-corrected chi connectivity index (χ4v) is 3.08. The summed E-state index contributed by atoms with van der Waals surface area (Å²) >= 11 is 9.34. The lowest BCUT2D eigenvalue weighted by Gasteiger charge is -2.29. The number of rotatable bonds is 5. The van der Waals surface area contributed by atoms with Gasteiger partial charge in [0, 0.05) is 23.1 Å². The number of carbonyl (C=O) groups is 1. The molecule has 1 aromatic rings. The van der Waals surface area contributed by atoms with Crippen LogP contribution in [0.1, 0.15) is 36.5 Å². The largest absolute Gasteiger partial charge is 0.352 e. The van der Waals surface area contributed by atoms with Crippen LogP contribution >= 0.6 is 27.5 Å². The third kappa shape index (κ3) is 5.28. The van der Waals surface area contributed by atoms with Crippen molar-refractivity contribution in [2.24, 2.45) is 5.92 Å². The molecule has 21 heavy (non-hydrogen) atoms. The van der Waals surface area contributed by atoms with Crippen molar-refractivity contribution < 1.29 is 4.79 Å². The lowest BCUT2D eigenvalue weighted by Crippen LogP contribution is -2.38. The second-order valence-corrected chi connectivity index (χ2v) is 7.07. The molecule has 116 valence electrons. The Bertz CT molecular complexity index is 489. The van der Waals surface area contributed by atoms with E-state index in [2.05, 4.69) is 33.1 Å². The average Bonchev–Trinajstić information content (AvgIpc) is 2.48. The van der Waals surface area contributed by atoms with E-state index < -0.39 is 0 Å². The van der Waals surface area contributed by atoms with Crippen LogP contribution in [0.3, 0.4) is 0 Å². The van der Waals surface area contributed by atoms with E-state index in [-0.39, 0.29) is 5.91 Å². The molecule has 1 heterocycles. The number of piperidine rings is 1. The molecule has 1 atom stereocenters. The maximum absolute atomic E-state index is 12.1. The molecule has 1 saturated heterocycles. The third-order valence-corrected chi connectivity index (χ3v) is 5.04. The quantitative estimate of drug-likeness (QED) is 0.847. The molecule has 1 aromatic carbocycles. The first-order chi connectivity index (χ1) is 10.1. The second-order valence-electron chi connectivity index (χ2n) is 5.81. The summed E-state index contributed by atoms with van der Waals surface area (Å²) in [5, 5.41) is 3.55. The van der Waals surface area contributed by atoms with Crippen molar-refractivity contribution in [2.45, 2.75) is 26.2 Å². The van der Waals surface area contributed by atoms with Crippen molar-refractivity contribution >= 4 is 33.4 Å². The van der Waals surface area contributed by atoms with E-state index in [4.69, 9.17) is 11.6 Å². The molecule has 1 N–H and O–H groups in total. The highest BCUT2D eigenvalue weighted by molar-refractivity contribution is 9.10. The Morgan fingerprint density at radius 3 is 2.76 bits per heavy atom. The highest BCUT2D eigenvalue weighted by Crippen LogP contribution is 2.23. The lowest BCUT2D eigenvalue weighted by molar-refractivity contribution is 0.0942. The highest BCUT2D eigenvalue weighted by Gasteiger charge is 2.14. The van der Waals surface area contributed by atoms with Crippen LogP contribution in [0.25, 0.3) is 0 Å². The van der Waals surface area contributed by atoms with Crippen LogP contribution in [0, 0.1) is 5.92 Å². The molecule has 0 aromatic heterocycles. The summed E-state index contributed by atoms with van der Waals surface area (Å²) in [6.07, 6.45) is 3.96. The van der Waals surface area contributed by atoms with Gasteiger partial charge in [0.1, 0.15) is 0 Å². The summed E-state index contributed by atoms with van der Waals surface area (Å²) in [4.78, 5) is 14.6. The molecule has 1 aliphatic rings. The Kier molecular flexibility index (Phi) is 6.52. The monoisotopic (exact) mass is 372 g/mol. The zero-order valence-corrected chi connectivity index (χ0v) is 14.7. The van der Waals surface area contributed by atoms with Crippen molar-refractivity contribution in [1.29, 1.82) is 0 Å². The number of halogens is 2. The molecule has 3 nitrogen and oxygen atoms in total. The lowest BCUT2D eigenvalue weighted by atomic mass is 10.1. The molecule has 5 heteroatoms. The molecule has 1 amide bonds. The third-order valence-electron chi connectivity index (χ3n) is 3.81. The van der Waals surface area contributed by atoms with Gasteiger partial charge in [-0.05, 0) is 66.0 Å². The molecule has 0 spiro atoms. The van der Waals surface area contributed by atoms with Crippen LogP contribution < -0.4 is 5.32 Å². The van der Waals surface area contributed by atoms with Crippen molar-refractivity contribution in [3.8, 4) is 0 Å². The normalized spacial score (nSPS) is 17.5. The van der Waals surface area contributed by atoms with Gasteiger partial charge >= 0.3 is 0 Å². The molecule has 0 aliphatic carbocycles.